The maximum atomic E-state index is 12.7. The minimum absolute atomic E-state index is 0.0822. The summed E-state index contributed by atoms with van der Waals surface area (Å²) in [5, 5.41) is 19.3. The molecule has 1 atom stereocenters. The number of aryl methyl sites for hydroxylation is 2. The SMILES string of the molecule is Cc1sc2c(c1C)C(c1ccc(Cl)cc1)=NC(CC(=O)OCCCCCCO)c1nnc(C)n1-2. The molecule has 0 amide bonds. The number of hydrogen-bond acceptors (Lipinski definition) is 7. The number of fused-ring (bicyclic) bond motifs is 3. The van der Waals surface area contributed by atoms with E-state index in [0.29, 0.717) is 17.5 Å². The topological polar surface area (TPSA) is 89.6 Å². The fourth-order valence-corrected chi connectivity index (χ4v) is 5.44. The minimum atomic E-state index is -0.520. The number of carbonyl (C=O) groups excluding carboxylic acids is 1. The standard InChI is InChI=1S/C25H29ClN4O3S/c1-15-16(2)34-25-22(15)23(18-8-10-19(26)11-9-18)27-20(24-29-28-17(3)30(24)25)14-21(32)33-13-7-5-4-6-12-31/h8-11,20,31H,4-7,12-14H2,1-3H3. The average Bonchev–Trinajstić information content (AvgIpc) is 3.29. The molecule has 3 aromatic rings. The van der Waals surface area contributed by atoms with Gasteiger partial charge in [0.1, 0.15) is 16.9 Å². The van der Waals surface area contributed by atoms with Crippen molar-refractivity contribution in [2.45, 2.75) is 58.9 Å². The van der Waals surface area contributed by atoms with Gasteiger partial charge in [0.15, 0.2) is 5.82 Å². The number of aliphatic hydroxyl groups is 1. The van der Waals surface area contributed by atoms with Crippen LogP contribution in [0.15, 0.2) is 29.3 Å². The normalized spacial score (nSPS) is 14.9. The van der Waals surface area contributed by atoms with Gasteiger partial charge in [0.05, 0.1) is 18.7 Å². The third-order valence-electron chi connectivity index (χ3n) is 6.03. The van der Waals surface area contributed by atoms with Crippen molar-refractivity contribution < 1.29 is 14.6 Å². The second-order valence-electron chi connectivity index (χ2n) is 8.47. The van der Waals surface area contributed by atoms with Crippen LogP contribution in [0.1, 0.15) is 71.4 Å². The van der Waals surface area contributed by atoms with Gasteiger partial charge in [-0.25, -0.2) is 0 Å². The molecule has 1 N–H and O–H groups in total. The number of hydrogen-bond donors (Lipinski definition) is 1. The Hall–Kier alpha value is -2.55. The number of aliphatic hydroxyl groups excluding tert-OH is 1. The van der Waals surface area contributed by atoms with Gasteiger partial charge in [-0.3, -0.25) is 14.4 Å². The molecule has 0 aliphatic carbocycles. The predicted molar refractivity (Wildman–Crippen MR) is 134 cm³/mol. The molecule has 7 nitrogen and oxygen atoms in total. The molecule has 1 aliphatic heterocycles. The molecule has 0 bridgehead atoms. The Morgan fingerprint density at radius 3 is 2.59 bits per heavy atom. The van der Waals surface area contributed by atoms with E-state index >= 15 is 0 Å². The highest BCUT2D eigenvalue weighted by Crippen LogP contribution is 2.39. The Morgan fingerprint density at radius 1 is 1.12 bits per heavy atom. The molecule has 2 aromatic heterocycles. The number of nitrogens with zero attached hydrogens (tertiary/aromatic N) is 4. The van der Waals surface area contributed by atoms with Crippen molar-refractivity contribution >= 4 is 34.6 Å². The van der Waals surface area contributed by atoms with E-state index in [1.807, 2.05) is 35.8 Å². The Kier molecular flexibility index (Phi) is 7.80. The van der Waals surface area contributed by atoms with E-state index in [0.717, 1.165) is 58.9 Å². The van der Waals surface area contributed by atoms with Crippen LogP contribution in [-0.4, -0.2) is 44.8 Å². The molecule has 0 fully saturated rings. The van der Waals surface area contributed by atoms with Crippen LogP contribution >= 0.6 is 22.9 Å². The first kappa shape index (κ1) is 24.6. The summed E-state index contributed by atoms with van der Waals surface area (Å²) in [6.07, 6.45) is 3.48. The number of aromatic nitrogens is 3. The molecule has 1 aliphatic rings. The lowest BCUT2D eigenvalue weighted by Crippen LogP contribution is -2.14. The van der Waals surface area contributed by atoms with Crippen molar-refractivity contribution in [3.05, 3.63) is 62.5 Å². The summed E-state index contributed by atoms with van der Waals surface area (Å²) >= 11 is 7.83. The van der Waals surface area contributed by atoms with E-state index in [1.165, 1.54) is 4.88 Å². The lowest BCUT2D eigenvalue weighted by Gasteiger charge is -2.13. The summed E-state index contributed by atoms with van der Waals surface area (Å²) in [7, 11) is 0. The second kappa shape index (κ2) is 10.8. The molecule has 34 heavy (non-hydrogen) atoms. The summed E-state index contributed by atoms with van der Waals surface area (Å²) in [4.78, 5) is 19.0. The maximum absolute atomic E-state index is 12.7. The quantitative estimate of drug-likeness (QED) is 0.318. The van der Waals surface area contributed by atoms with Crippen LogP contribution in [0.5, 0.6) is 0 Å². The number of unbranched alkanes of at least 4 members (excludes halogenated alkanes) is 3. The zero-order valence-electron chi connectivity index (χ0n) is 19.7. The molecule has 0 spiro atoms. The molecule has 4 rings (SSSR count). The van der Waals surface area contributed by atoms with Crippen LogP contribution in [0.3, 0.4) is 0 Å². The van der Waals surface area contributed by atoms with E-state index in [9.17, 15) is 4.79 Å². The monoisotopic (exact) mass is 500 g/mol. The number of halogens is 1. The van der Waals surface area contributed by atoms with E-state index in [-0.39, 0.29) is 19.0 Å². The Labute approximate surface area is 208 Å². The third kappa shape index (κ3) is 5.09. The van der Waals surface area contributed by atoms with Crippen molar-refractivity contribution in [1.29, 1.82) is 0 Å². The lowest BCUT2D eigenvalue weighted by atomic mass is 9.99. The van der Waals surface area contributed by atoms with Crippen molar-refractivity contribution in [3.8, 4) is 5.00 Å². The highest BCUT2D eigenvalue weighted by atomic mass is 35.5. The fraction of sp³-hybridized carbons (Fsp3) is 0.440. The Morgan fingerprint density at radius 2 is 1.85 bits per heavy atom. The Bertz CT molecular complexity index is 1200. The first-order valence-electron chi connectivity index (χ1n) is 11.5. The zero-order chi connectivity index (χ0) is 24.2. The van der Waals surface area contributed by atoms with Crippen LogP contribution in [0.4, 0.5) is 0 Å². The number of rotatable bonds is 9. The maximum Gasteiger partial charge on any atom is 0.308 e. The first-order chi connectivity index (χ1) is 16.4. The largest absolute Gasteiger partial charge is 0.466 e. The average molecular weight is 501 g/mol. The summed E-state index contributed by atoms with van der Waals surface area (Å²) in [5.74, 6) is 1.09. The Balaban J connectivity index is 1.67. The van der Waals surface area contributed by atoms with Crippen LogP contribution in [0.2, 0.25) is 5.02 Å². The van der Waals surface area contributed by atoms with Gasteiger partial charge in [0, 0.05) is 27.6 Å². The van der Waals surface area contributed by atoms with Crippen LogP contribution in [0, 0.1) is 20.8 Å². The number of carbonyl (C=O) groups is 1. The number of ether oxygens (including phenoxy) is 1. The van der Waals surface area contributed by atoms with Gasteiger partial charge in [-0.15, -0.1) is 21.5 Å². The molecular formula is C25H29ClN4O3S. The van der Waals surface area contributed by atoms with Crippen LogP contribution in [0.25, 0.3) is 5.00 Å². The van der Waals surface area contributed by atoms with E-state index in [1.54, 1.807) is 11.3 Å². The molecule has 0 saturated heterocycles. The zero-order valence-corrected chi connectivity index (χ0v) is 21.2. The van der Waals surface area contributed by atoms with Gasteiger partial charge in [-0.1, -0.05) is 30.2 Å². The van der Waals surface area contributed by atoms with Gasteiger partial charge < -0.3 is 9.84 Å². The minimum Gasteiger partial charge on any atom is -0.466 e. The van der Waals surface area contributed by atoms with E-state index in [2.05, 4.69) is 24.0 Å². The third-order valence-corrected chi connectivity index (χ3v) is 7.48. The molecular weight excluding hydrogens is 472 g/mol. The molecule has 1 aromatic carbocycles. The summed E-state index contributed by atoms with van der Waals surface area (Å²) < 4.78 is 7.53. The number of thiophene rings is 1. The highest BCUT2D eigenvalue weighted by molar-refractivity contribution is 7.15. The molecule has 0 saturated carbocycles. The summed E-state index contributed by atoms with van der Waals surface area (Å²) in [6.45, 7) is 6.67. The molecule has 3 heterocycles. The van der Waals surface area contributed by atoms with Gasteiger partial charge in [-0.2, -0.15) is 0 Å². The first-order valence-corrected chi connectivity index (χ1v) is 12.7. The fourth-order valence-electron chi connectivity index (χ4n) is 4.10. The predicted octanol–water partition coefficient (Wildman–Crippen LogP) is 5.29. The summed E-state index contributed by atoms with van der Waals surface area (Å²) in [5.41, 5.74) is 3.94. The van der Waals surface area contributed by atoms with Crippen LogP contribution < -0.4 is 0 Å². The highest BCUT2D eigenvalue weighted by Gasteiger charge is 2.32. The summed E-state index contributed by atoms with van der Waals surface area (Å²) in [6, 6.07) is 7.10. The van der Waals surface area contributed by atoms with E-state index in [4.69, 9.17) is 26.4 Å². The van der Waals surface area contributed by atoms with Crippen molar-refractivity contribution in [1.82, 2.24) is 14.8 Å². The molecule has 1 unspecified atom stereocenters. The molecule has 0 radical (unpaired) electrons. The lowest BCUT2D eigenvalue weighted by molar-refractivity contribution is -0.144. The molecule has 180 valence electrons. The van der Waals surface area contributed by atoms with Crippen molar-refractivity contribution in [3.63, 3.8) is 0 Å². The van der Waals surface area contributed by atoms with Gasteiger partial charge in [0.2, 0.25) is 0 Å². The number of benzene rings is 1. The van der Waals surface area contributed by atoms with Crippen molar-refractivity contribution in [2.24, 2.45) is 4.99 Å². The van der Waals surface area contributed by atoms with E-state index < -0.39 is 6.04 Å². The van der Waals surface area contributed by atoms with Crippen molar-refractivity contribution in [2.75, 3.05) is 13.2 Å². The van der Waals surface area contributed by atoms with Gasteiger partial charge in [0.25, 0.3) is 0 Å². The van der Waals surface area contributed by atoms with Crippen LogP contribution in [-0.2, 0) is 9.53 Å². The number of esters is 1. The molecule has 9 heteroatoms. The number of aliphatic imine (C=N–C) groups is 1. The second-order valence-corrected chi connectivity index (χ2v) is 10.1. The van der Waals surface area contributed by atoms with Gasteiger partial charge >= 0.3 is 5.97 Å². The van der Waals surface area contributed by atoms with Gasteiger partial charge in [-0.05, 0) is 57.7 Å². The smallest absolute Gasteiger partial charge is 0.308 e.